The molecule has 0 aromatic heterocycles. The Labute approximate surface area is 121 Å². The van der Waals surface area contributed by atoms with E-state index in [9.17, 15) is 0 Å². The molecule has 2 aliphatic rings. The lowest BCUT2D eigenvalue weighted by Crippen LogP contribution is -1.88. The molecule has 0 spiro atoms. The van der Waals surface area contributed by atoms with Crippen LogP contribution in [0.1, 0.15) is 24.5 Å². The van der Waals surface area contributed by atoms with Crippen LogP contribution in [0, 0.1) is 18.8 Å². The largest absolute Gasteiger partial charge is 0.120 e. The van der Waals surface area contributed by atoms with E-state index in [1.54, 1.807) is 0 Å². The van der Waals surface area contributed by atoms with Crippen LogP contribution in [0.15, 0.2) is 72.0 Å². The van der Waals surface area contributed by atoms with Crippen molar-refractivity contribution in [2.45, 2.75) is 20.3 Å². The summed E-state index contributed by atoms with van der Waals surface area (Å²) in [5.74, 6) is 1.47. The summed E-state index contributed by atoms with van der Waals surface area (Å²) in [5, 5.41) is 0. The first-order valence-corrected chi connectivity index (χ1v) is 7.26. The first-order valence-electron chi connectivity index (χ1n) is 7.26. The van der Waals surface area contributed by atoms with Gasteiger partial charge in [-0.25, -0.2) is 0 Å². The predicted molar refractivity (Wildman–Crippen MR) is 86.3 cm³/mol. The number of allylic oxidation sites excluding steroid dienone is 6. The molecule has 2 aliphatic carbocycles. The van der Waals surface area contributed by atoms with Gasteiger partial charge in [-0.3, -0.25) is 0 Å². The molecule has 0 heteroatoms. The van der Waals surface area contributed by atoms with Gasteiger partial charge in [0.2, 0.25) is 0 Å². The molecule has 0 radical (unpaired) electrons. The first-order chi connectivity index (χ1) is 9.65. The van der Waals surface area contributed by atoms with Crippen molar-refractivity contribution >= 4 is 5.57 Å². The highest BCUT2D eigenvalue weighted by molar-refractivity contribution is 5.76. The molecule has 2 atom stereocenters. The quantitative estimate of drug-likeness (QED) is 0.652. The van der Waals surface area contributed by atoms with Crippen LogP contribution in [-0.2, 0) is 0 Å². The monoisotopic (exact) mass is 260 g/mol. The van der Waals surface area contributed by atoms with Gasteiger partial charge in [0.05, 0.1) is 0 Å². The van der Waals surface area contributed by atoms with Crippen molar-refractivity contribution in [3.8, 4) is 0 Å². The molecule has 1 aromatic rings. The number of rotatable bonds is 3. The Hall–Kier alpha value is -2.04. The third-order valence-corrected chi connectivity index (χ3v) is 4.23. The Morgan fingerprint density at radius 1 is 1.15 bits per heavy atom. The van der Waals surface area contributed by atoms with Crippen molar-refractivity contribution in [1.82, 2.24) is 0 Å². The summed E-state index contributed by atoms with van der Waals surface area (Å²) in [6.07, 6.45) is 9.75. The van der Waals surface area contributed by atoms with Gasteiger partial charge < -0.3 is 0 Å². The van der Waals surface area contributed by atoms with Crippen LogP contribution in [0.5, 0.6) is 0 Å². The Balaban J connectivity index is 1.87. The van der Waals surface area contributed by atoms with Crippen molar-refractivity contribution in [1.29, 1.82) is 0 Å². The summed E-state index contributed by atoms with van der Waals surface area (Å²) < 4.78 is 0. The van der Waals surface area contributed by atoms with E-state index in [0.717, 1.165) is 5.92 Å². The molecule has 20 heavy (non-hydrogen) atoms. The summed E-state index contributed by atoms with van der Waals surface area (Å²) in [5.41, 5.74) is 9.50. The lowest BCUT2D eigenvalue weighted by molar-refractivity contribution is 0.869. The molecule has 2 unspecified atom stereocenters. The van der Waals surface area contributed by atoms with E-state index >= 15 is 0 Å². The van der Waals surface area contributed by atoms with Crippen molar-refractivity contribution in [3.63, 3.8) is 0 Å². The second-order valence-electron chi connectivity index (χ2n) is 5.91. The van der Waals surface area contributed by atoms with Crippen molar-refractivity contribution < 1.29 is 0 Å². The highest BCUT2D eigenvalue weighted by Gasteiger charge is 2.35. The van der Waals surface area contributed by atoms with Gasteiger partial charge >= 0.3 is 0 Å². The van der Waals surface area contributed by atoms with E-state index in [4.69, 9.17) is 0 Å². The summed E-state index contributed by atoms with van der Waals surface area (Å²) in [6, 6.07) is 8.62. The summed E-state index contributed by atoms with van der Waals surface area (Å²) in [4.78, 5) is 0. The minimum Gasteiger partial charge on any atom is -0.120 e. The van der Waals surface area contributed by atoms with Gasteiger partial charge in [-0.1, -0.05) is 55.5 Å². The molecule has 3 rings (SSSR count). The van der Waals surface area contributed by atoms with Crippen molar-refractivity contribution in [2.75, 3.05) is 0 Å². The van der Waals surface area contributed by atoms with Gasteiger partial charge in [0.25, 0.3) is 0 Å². The van der Waals surface area contributed by atoms with Crippen LogP contribution in [0.4, 0.5) is 0 Å². The third-order valence-electron chi connectivity index (χ3n) is 4.23. The van der Waals surface area contributed by atoms with Gasteiger partial charge in [0.15, 0.2) is 0 Å². The first kappa shape index (κ1) is 13.0. The van der Waals surface area contributed by atoms with E-state index in [1.165, 1.54) is 34.3 Å². The minimum absolute atomic E-state index is 0.675. The Morgan fingerprint density at radius 3 is 2.50 bits per heavy atom. The van der Waals surface area contributed by atoms with Gasteiger partial charge in [-0.05, 0) is 59.6 Å². The SMILES string of the molecule is C=C(C1=CC=C(c2ccc(C)cc2)C=C=C1)C1CC1C. The van der Waals surface area contributed by atoms with Crippen molar-refractivity contribution in [2.24, 2.45) is 11.8 Å². The summed E-state index contributed by atoms with van der Waals surface area (Å²) >= 11 is 0. The van der Waals surface area contributed by atoms with Crippen molar-refractivity contribution in [3.05, 3.63) is 83.2 Å². The molecule has 1 fully saturated rings. The summed E-state index contributed by atoms with van der Waals surface area (Å²) in [7, 11) is 0. The molecular formula is C20H20. The second-order valence-corrected chi connectivity index (χ2v) is 5.91. The fraction of sp³-hybridized carbons (Fsp3) is 0.250. The zero-order valence-electron chi connectivity index (χ0n) is 12.2. The van der Waals surface area contributed by atoms with Crippen LogP contribution in [0.25, 0.3) is 5.57 Å². The lowest BCUT2D eigenvalue weighted by Gasteiger charge is -2.04. The number of hydrogen-bond donors (Lipinski definition) is 0. The highest BCUT2D eigenvalue weighted by Crippen LogP contribution is 2.45. The zero-order chi connectivity index (χ0) is 14.1. The van der Waals surface area contributed by atoms with E-state index in [-0.39, 0.29) is 0 Å². The molecule has 0 nitrogen and oxygen atoms in total. The maximum atomic E-state index is 4.26. The van der Waals surface area contributed by atoms with E-state index in [0.29, 0.717) is 5.92 Å². The molecule has 100 valence electrons. The molecule has 0 aliphatic heterocycles. The van der Waals surface area contributed by atoms with Crippen LogP contribution in [0.3, 0.4) is 0 Å². The Bertz CT molecular complexity index is 658. The van der Waals surface area contributed by atoms with Gasteiger partial charge in [0.1, 0.15) is 0 Å². The smallest absolute Gasteiger partial charge is 0.0107 e. The number of benzene rings is 1. The maximum Gasteiger partial charge on any atom is -0.0107 e. The minimum atomic E-state index is 0.675. The van der Waals surface area contributed by atoms with E-state index < -0.39 is 0 Å². The number of aryl methyl sites for hydroxylation is 1. The Kier molecular flexibility index (Phi) is 3.34. The second kappa shape index (κ2) is 5.15. The van der Waals surface area contributed by atoms with Crippen LogP contribution < -0.4 is 0 Å². The van der Waals surface area contributed by atoms with Gasteiger partial charge in [-0.15, -0.1) is 5.73 Å². The molecule has 0 heterocycles. The zero-order valence-corrected chi connectivity index (χ0v) is 12.2. The molecule has 0 saturated heterocycles. The van der Waals surface area contributed by atoms with Crippen LogP contribution >= 0.6 is 0 Å². The van der Waals surface area contributed by atoms with E-state index in [2.05, 4.69) is 74.7 Å². The third kappa shape index (κ3) is 2.61. The number of hydrogen-bond acceptors (Lipinski definition) is 0. The molecule has 0 N–H and O–H groups in total. The fourth-order valence-electron chi connectivity index (χ4n) is 2.64. The topological polar surface area (TPSA) is 0 Å². The van der Waals surface area contributed by atoms with Gasteiger partial charge in [-0.2, -0.15) is 0 Å². The molecule has 1 saturated carbocycles. The normalized spacial score (nSPS) is 23.9. The predicted octanol–water partition coefficient (Wildman–Crippen LogP) is 5.24. The molecule has 0 amide bonds. The maximum absolute atomic E-state index is 4.26. The molecule has 1 aromatic carbocycles. The average molecular weight is 260 g/mol. The van der Waals surface area contributed by atoms with Crippen LogP contribution in [0.2, 0.25) is 0 Å². The van der Waals surface area contributed by atoms with Gasteiger partial charge in [0, 0.05) is 0 Å². The molecule has 0 bridgehead atoms. The fourth-order valence-corrected chi connectivity index (χ4v) is 2.64. The van der Waals surface area contributed by atoms with E-state index in [1.807, 2.05) is 0 Å². The average Bonchev–Trinajstić information content (AvgIpc) is 3.21. The highest BCUT2D eigenvalue weighted by atomic mass is 14.4. The standard InChI is InChI=1S/C20H20/c1-14-7-9-19(10-8-14)18-6-4-5-17(11-12-18)16(3)20-13-15(20)2/h5-12,15,20H,3,13H2,1-2H3. The summed E-state index contributed by atoms with van der Waals surface area (Å²) in [6.45, 7) is 8.66. The Morgan fingerprint density at radius 2 is 1.85 bits per heavy atom. The lowest BCUT2D eigenvalue weighted by atomic mass is 10.0. The molecular weight excluding hydrogens is 240 g/mol. The van der Waals surface area contributed by atoms with Crippen LogP contribution in [-0.4, -0.2) is 0 Å².